The van der Waals surface area contributed by atoms with Gasteiger partial charge in [0.1, 0.15) is 5.82 Å². The fourth-order valence-corrected chi connectivity index (χ4v) is 3.26. The summed E-state index contributed by atoms with van der Waals surface area (Å²) in [6.07, 6.45) is 6.68. The van der Waals surface area contributed by atoms with Gasteiger partial charge in [0.2, 0.25) is 5.95 Å². The number of rotatable bonds is 5. The minimum Gasteiger partial charge on any atom is -0.351 e. The monoisotopic (exact) mass is 345 g/mol. The van der Waals surface area contributed by atoms with Crippen LogP contribution >= 0.6 is 0 Å². The van der Waals surface area contributed by atoms with Crippen molar-refractivity contribution in [3.05, 3.63) is 60.3 Å². The van der Waals surface area contributed by atoms with Crippen LogP contribution in [-0.4, -0.2) is 21.0 Å². The second-order valence-electron chi connectivity index (χ2n) is 6.79. The van der Waals surface area contributed by atoms with Gasteiger partial charge in [0.05, 0.1) is 11.4 Å². The zero-order valence-electron chi connectivity index (χ0n) is 14.9. The molecule has 0 bridgehead atoms. The number of hydrogen-bond acceptors (Lipinski definition) is 5. The van der Waals surface area contributed by atoms with Gasteiger partial charge in [-0.05, 0) is 44.0 Å². The van der Waals surface area contributed by atoms with Gasteiger partial charge in [-0.1, -0.05) is 36.6 Å². The molecule has 0 radical (unpaired) electrons. The van der Waals surface area contributed by atoms with Crippen LogP contribution in [-0.2, 0) is 0 Å². The number of anilines is 3. The molecule has 2 heterocycles. The highest BCUT2D eigenvalue weighted by atomic mass is 15.2. The highest BCUT2D eigenvalue weighted by Crippen LogP contribution is 2.25. The molecule has 132 valence electrons. The van der Waals surface area contributed by atoms with Crippen molar-refractivity contribution in [1.29, 1.82) is 0 Å². The molecule has 0 atom stereocenters. The number of aromatic nitrogens is 3. The molecule has 1 aromatic carbocycles. The first-order valence-electron chi connectivity index (χ1n) is 9.17. The van der Waals surface area contributed by atoms with Gasteiger partial charge in [-0.2, -0.15) is 4.98 Å². The average Bonchev–Trinajstić information content (AvgIpc) is 3.17. The molecule has 1 fully saturated rings. The Kier molecular flexibility index (Phi) is 4.78. The van der Waals surface area contributed by atoms with Crippen LogP contribution in [0.3, 0.4) is 0 Å². The minimum atomic E-state index is 0.459. The van der Waals surface area contributed by atoms with E-state index in [9.17, 15) is 0 Å². The Bertz CT molecular complexity index is 855. The van der Waals surface area contributed by atoms with Gasteiger partial charge in [-0.25, -0.2) is 4.98 Å². The SMILES string of the molecule is Cc1ccc(Nc2cc(-c3ccccn3)nc(NC3CCCC3)n2)cc1. The van der Waals surface area contributed by atoms with E-state index in [4.69, 9.17) is 4.98 Å². The molecule has 0 spiro atoms. The Balaban J connectivity index is 1.65. The lowest BCUT2D eigenvalue weighted by molar-refractivity contribution is 0.744. The second-order valence-corrected chi connectivity index (χ2v) is 6.79. The van der Waals surface area contributed by atoms with E-state index in [-0.39, 0.29) is 0 Å². The fraction of sp³-hybridized carbons (Fsp3) is 0.286. The maximum atomic E-state index is 4.70. The molecular formula is C21H23N5. The highest BCUT2D eigenvalue weighted by Gasteiger charge is 2.17. The van der Waals surface area contributed by atoms with Crippen LogP contribution < -0.4 is 10.6 Å². The number of nitrogens with zero attached hydrogens (tertiary/aromatic N) is 3. The average molecular weight is 345 g/mol. The highest BCUT2D eigenvalue weighted by molar-refractivity contribution is 5.65. The normalized spacial score (nSPS) is 14.3. The zero-order chi connectivity index (χ0) is 17.8. The molecule has 2 aromatic heterocycles. The van der Waals surface area contributed by atoms with Gasteiger partial charge in [0.15, 0.2) is 0 Å². The van der Waals surface area contributed by atoms with E-state index in [2.05, 4.69) is 51.8 Å². The molecule has 0 amide bonds. The van der Waals surface area contributed by atoms with Gasteiger partial charge in [-0.3, -0.25) is 4.98 Å². The van der Waals surface area contributed by atoms with E-state index in [0.29, 0.717) is 12.0 Å². The first-order chi connectivity index (χ1) is 12.8. The Hall–Kier alpha value is -2.95. The Morgan fingerprint density at radius 2 is 1.73 bits per heavy atom. The summed E-state index contributed by atoms with van der Waals surface area (Å²) in [6, 6.07) is 16.5. The van der Waals surface area contributed by atoms with Crippen molar-refractivity contribution in [3.63, 3.8) is 0 Å². The summed E-state index contributed by atoms with van der Waals surface area (Å²) in [5.41, 5.74) is 3.90. The summed E-state index contributed by atoms with van der Waals surface area (Å²) in [5, 5.41) is 6.88. The zero-order valence-corrected chi connectivity index (χ0v) is 14.9. The van der Waals surface area contributed by atoms with Crippen LogP contribution in [0, 0.1) is 6.92 Å². The number of benzene rings is 1. The van der Waals surface area contributed by atoms with Crippen LogP contribution in [0.1, 0.15) is 31.2 Å². The predicted octanol–water partition coefficient (Wildman–Crippen LogP) is 4.95. The predicted molar refractivity (Wildman–Crippen MR) is 106 cm³/mol. The molecule has 4 rings (SSSR count). The molecule has 1 aliphatic rings. The van der Waals surface area contributed by atoms with Gasteiger partial charge in [0, 0.05) is 24.0 Å². The summed E-state index contributed by atoms with van der Waals surface area (Å²) < 4.78 is 0. The number of aryl methyl sites for hydroxylation is 1. The van der Waals surface area contributed by atoms with E-state index in [1.165, 1.54) is 31.2 Å². The van der Waals surface area contributed by atoms with Crippen molar-refractivity contribution in [2.45, 2.75) is 38.6 Å². The molecule has 1 aliphatic carbocycles. The standard InChI is InChI=1S/C21H23N5/c1-15-9-11-17(12-10-15)23-20-14-19(18-8-4-5-13-22-18)25-21(26-20)24-16-6-2-3-7-16/h4-5,8-14,16H,2-3,6-7H2,1H3,(H2,23,24,25,26). The molecule has 0 aliphatic heterocycles. The summed E-state index contributed by atoms with van der Waals surface area (Å²) in [6.45, 7) is 2.08. The summed E-state index contributed by atoms with van der Waals surface area (Å²) >= 11 is 0. The van der Waals surface area contributed by atoms with Crippen molar-refractivity contribution in [3.8, 4) is 11.4 Å². The molecule has 2 N–H and O–H groups in total. The molecule has 0 unspecified atom stereocenters. The van der Waals surface area contributed by atoms with E-state index in [1.807, 2.05) is 24.3 Å². The van der Waals surface area contributed by atoms with Crippen LogP contribution in [0.25, 0.3) is 11.4 Å². The van der Waals surface area contributed by atoms with Crippen LogP contribution in [0.5, 0.6) is 0 Å². The molecule has 26 heavy (non-hydrogen) atoms. The molecule has 3 aromatic rings. The van der Waals surface area contributed by atoms with Crippen molar-refractivity contribution < 1.29 is 0 Å². The van der Waals surface area contributed by atoms with Crippen molar-refractivity contribution in [1.82, 2.24) is 15.0 Å². The first kappa shape index (κ1) is 16.5. The van der Waals surface area contributed by atoms with Gasteiger partial charge in [0.25, 0.3) is 0 Å². The lowest BCUT2D eigenvalue weighted by Crippen LogP contribution is -2.17. The summed E-state index contributed by atoms with van der Waals surface area (Å²) in [5.74, 6) is 1.43. The lowest BCUT2D eigenvalue weighted by atomic mass is 10.2. The van der Waals surface area contributed by atoms with Gasteiger partial charge < -0.3 is 10.6 Å². The third kappa shape index (κ3) is 3.99. The molecule has 1 saturated carbocycles. The van der Waals surface area contributed by atoms with Gasteiger partial charge >= 0.3 is 0 Å². The molecular weight excluding hydrogens is 322 g/mol. The third-order valence-electron chi connectivity index (χ3n) is 4.67. The van der Waals surface area contributed by atoms with E-state index < -0.39 is 0 Å². The van der Waals surface area contributed by atoms with E-state index in [1.54, 1.807) is 6.20 Å². The number of pyridine rings is 1. The maximum absolute atomic E-state index is 4.70. The topological polar surface area (TPSA) is 62.7 Å². The van der Waals surface area contributed by atoms with Gasteiger partial charge in [-0.15, -0.1) is 0 Å². The summed E-state index contributed by atoms with van der Waals surface area (Å²) in [7, 11) is 0. The quantitative estimate of drug-likeness (QED) is 0.685. The van der Waals surface area contributed by atoms with E-state index >= 15 is 0 Å². The van der Waals surface area contributed by atoms with Crippen LogP contribution in [0.15, 0.2) is 54.7 Å². The van der Waals surface area contributed by atoms with E-state index in [0.717, 1.165) is 22.9 Å². The third-order valence-corrected chi connectivity index (χ3v) is 4.67. The molecule has 5 nitrogen and oxygen atoms in total. The second kappa shape index (κ2) is 7.52. The Labute approximate surface area is 153 Å². The molecule has 5 heteroatoms. The maximum Gasteiger partial charge on any atom is 0.225 e. The number of nitrogens with one attached hydrogen (secondary N) is 2. The van der Waals surface area contributed by atoms with Crippen molar-refractivity contribution in [2.75, 3.05) is 10.6 Å². The summed E-state index contributed by atoms with van der Waals surface area (Å²) in [4.78, 5) is 13.8. The molecule has 0 saturated heterocycles. The van der Waals surface area contributed by atoms with Crippen molar-refractivity contribution in [2.24, 2.45) is 0 Å². The fourth-order valence-electron chi connectivity index (χ4n) is 3.26. The minimum absolute atomic E-state index is 0.459. The largest absolute Gasteiger partial charge is 0.351 e. The Morgan fingerprint density at radius 3 is 2.46 bits per heavy atom. The number of hydrogen-bond donors (Lipinski definition) is 2. The van der Waals surface area contributed by atoms with Crippen LogP contribution in [0.2, 0.25) is 0 Å². The smallest absolute Gasteiger partial charge is 0.225 e. The van der Waals surface area contributed by atoms with Crippen molar-refractivity contribution >= 4 is 17.5 Å². The van der Waals surface area contributed by atoms with Crippen LogP contribution in [0.4, 0.5) is 17.5 Å². The first-order valence-corrected chi connectivity index (χ1v) is 9.17. The lowest BCUT2D eigenvalue weighted by Gasteiger charge is -2.15. The Morgan fingerprint density at radius 1 is 0.923 bits per heavy atom.